The summed E-state index contributed by atoms with van der Waals surface area (Å²) in [5.41, 5.74) is 4.46. The maximum atomic E-state index is 12.8. The Kier molecular flexibility index (Phi) is 8.87. The summed E-state index contributed by atoms with van der Waals surface area (Å²) in [6.07, 6.45) is 7.48. The first-order valence-electron chi connectivity index (χ1n) is 14.6. The normalized spacial score (nSPS) is 17.7. The quantitative estimate of drug-likeness (QED) is 0.137. The van der Waals surface area contributed by atoms with Crippen molar-refractivity contribution in [2.75, 3.05) is 17.2 Å². The standard InChI is InChI=1S/C33H35N3O6S.Na/c1-33(2)27(36(18-7-8-19-43(39,40)41)26-16-14-21-10-5-6-13-24(21)28(26)33)17-15-22-11-9-12-23-20-25-30(37)34(3)32(38)35(4)31(25)42-29(22)23;/h5-6,10,13-17,20H,7-9,11-12,18-19H2,1-4H3;/q;+1. The molecule has 0 unspecified atom stereocenters. The van der Waals surface area contributed by atoms with Crippen molar-refractivity contribution in [2.45, 2.75) is 51.4 Å². The average Bonchev–Trinajstić information content (AvgIpc) is 3.20. The van der Waals surface area contributed by atoms with E-state index < -0.39 is 15.8 Å². The van der Waals surface area contributed by atoms with E-state index in [0.29, 0.717) is 24.3 Å². The van der Waals surface area contributed by atoms with Crippen LogP contribution in [0.3, 0.4) is 0 Å². The van der Waals surface area contributed by atoms with Gasteiger partial charge in [0.25, 0.3) is 0 Å². The zero-order valence-corrected chi connectivity index (χ0v) is 28.7. The van der Waals surface area contributed by atoms with Crippen LogP contribution in [-0.2, 0) is 36.0 Å². The third kappa shape index (κ3) is 5.63. The number of anilines is 1. The summed E-state index contributed by atoms with van der Waals surface area (Å²) in [6, 6.07) is 14.4. The fourth-order valence-electron chi connectivity index (χ4n) is 6.70. The fraction of sp³-hybridized carbons (Fsp3) is 0.364. The van der Waals surface area contributed by atoms with Gasteiger partial charge in [0.2, 0.25) is 0 Å². The molecule has 4 aliphatic rings. The van der Waals surface area contributed by atoms with E-state index in [1.165, 1.54) is 22.6 Å². The topological polar surface area (TPSA) is 117 Å². The van der Waals surface area contributed by atoms with Crippen LogP contribution in [0.4, 0.5) is 5.69 Å². The average molecular weight is 625 g/mol. The first-order valence-corrected chi connectivity index (χ1v) is 16.2. The second kappa shape index (κ2) is 12.1. The molecule has 2 aromatic rings. The number of aromatic nitrogens is 2. The van der Waals surface area contributed by atoms with E-state index in [4.69, 9.17) is 4.42 Å². The molecule has 2 aromatic carbocycles. The van der Waals surface area contributed by atoms with Crippen LogP contribution in [0.2, 0.25) is 0 Å². The minimum Gasteiger partial charge on any atom is -0.748 e. The van der Waals surface area contributed by atoms with E-state index in [1.807, 2.05) is 18.2 Å². The molecule has 0 N–H and O–H groups in total. The molecule has 9 nitrogen and oxygen atoms in total. The molecule has 0 saturated heterocycles. The molecule has 224 valence electrons. The van der Waals surface area contributed by atoms with Crippen molar-refractivity contribution in [3.8, 4) is 11.5 Å². The number of hydrogen-bond acceptors (Lipinski definition) is 7. The molecule has 0 saturated carbocycles. The summed E-state index contributed by atoms with van der Waals surface area (Å²) in [5, 5.41) is 2.31. The van der Waals surface area contributed by atoms with Crippen molar-refractivity contribution < 1.29 is 51.5 Å². The van der Waals surface area contributed by atoms with Gasteiger partial charge in [-0.25, -0.2) is 13.2 Å². The van der Waals surface area contributed by atoms with Gasteiger partial charge in [-0.15, -0.1) is 0 Å². The number of fused-ring (bicyclic) bond motifs is 5. The smallest absolute Gasteiger partial charge is 0.748 e. The van der Waals surface area contributed by atoms with Gasteiger partial charge in [0.05, 0.1) is 24.2 Å². The van der Waals surface area contributed by atoms with Crippen LogP contribution >= 0.6 is 0 Å². The fourth-order valence-corrected chi connectivity index (χ4v) is 7.26. The van der Waals surface area contributed by atoms with Crippen LogP contribution in [0.25, 0.3) is 27.8 Å². The van der Waals surface area contributed by atoms with Gasteiger partial charge < -0.3 is 13.9 Å². The molecule has 0 atom stereocenters. The SMILES string of the molecule is Cn1c(=O)c2cc3c(oc-2[n+](C)c1=O)/C(=C\C=C1\N(CCCCS(=O)(=O)[O-])c2ccc4ccccc4c2C1(C)C)CCC3.[Na+]. The molecule has 0 bridgehead atoms. The minimum atomic E-state index is -4.27. The maximum absolute atomic E-state index is 12.8. The molecule has 0 spiro atoms. The van der Waals surface area contributed by atoms with Crippen LogP contribution in [0.15, 0.2) is 74.3 Å². The summed E-state index contributed by atoms with van der Waals surface area (Å²) in [5.74, 6) is 0.558. The van der Waals surface area contributed by atoms with Crippen LogP contribution in [0.1, 0.15) is 56.4 Å². The summed E-state index contributed by atoms with van der Waals surface area (Å²) in [6.45, 7) is 4.96. The summed E-state index contributed by atoms with van der Waals surface area (Å²) in [7, 11) is -1.20. The third-order valence-electron chi connectivity index (χ3n) is 8.86. The van der Waals surface area contributed by atoms with Crippen molar-refractivity contribution in [3.05, 3.63) is 98.0 Å². The van der Waals surface area contributed by atoms with Gasteiger partial charge in [-0.1, -0.05) is 50.3 Å². The van der Waals surface area contributed by atoms with Crippen LogP contribution in [0, 0.1) is 0 Å². The molecule has 0 amide bonds. The number of unbranched alkanes of at least 4 members (excludes halogenated alkanes) is 1. The molecule has 0 fully saturated rings. The summed E-state index contributed by atoms with van der Waals surface area (Å²) < 4.78 is 42.5. The van der Waals surface area contributed by atoms with Crippen molar-refractivity contribution >= 4 is 32.2 Å². The maximum Gasteiger partial charge on any atom is 1.00 e. The zero-order chi connectivity index (χ0) is 30.7. The molecular weight excluding hydrogens is 589 g/mol. The number of nitrogens with zero attached hydrogens (tertiary/aromatic N) is 3. The first kappa shape index (κ1) is 32.4. The molecular formula is C33H35N3NaO6S+. The van der Waals surface area contributed by atoms with Crippen molar-refractivity contribution in [3.63, 3.8) is 0 Å². The second-order valence-electron chi connectivity index (χ2n) is 12.0. The number of allylic oxidation sites excluding steroid dienone is 4. The van der Waals surface area contributed by atoms with E-state index >= 15 is 0 Å². The molecule has 6 rings (SSSR count). The van der Waals surface area contributed by atoms with Gasteiger partial charge in [0.15, 0.2) is 5.56 Å². The van der Waals surface area contributed by atoms with Crippen LogP contribution in [0.5, 0.6) is 0 Å². The Morgan fingerprint density at radius 2 is 1.82 bits per heavy atom. The van der Waals surface area contributed by atoms with E-state index in [9.17, 15) is 22.6 Å². The predicted molar refractivity (Wildman–Crippen MR) is 165 cm³/mol. The largest absolute Gasteiger partial charge is 1.00 e. The van der Waals surface area contributed by atoms with E-state index in [0.717, 1.165) is 51.7 Å². The number of hydrogen-bond donors (Lipinski definition) is 0. The Bertz CT molecular complexity index is 2040. The van der Waals surface area contributed by atoms with Crippen molar-refractivity contribution in [1.29, 1.82) is 0 Å². The van der Waals surface area contributed by atoms with Crippen LogP contribution < -0.4 is 50.3 Å². The minimum absolute atomic E-state index is 0. The van der Waals surface area contributed by atoms with Gasteiger partial charge in [0.1, 0.15) is 5.76 Å². The monoisotopic (exact) mass is 624 g/mol. The molecule has 11 heteroatoms. The van der Waals surface area contributed by atoms with Gasteiger partial charge in [-0.05, 0) is 77.8 Å². The van der Waals surface area contributed by atoms with E-state index in [-0.39, 0.29) is 58.6 Å². The van der Waals surface area contributed by atoms with Gasteiger partial charge in [0, 0.05) is 29.1 Å². The molecule has 1 aliphatic carbocycles. The number of rotatable bonds is 6. The van der Waals surface area contributed by atoms with E-state index in [1.54, 1.807) is 7.05 Å². The summed E-state index contributed by atoms with van der Waals surface area (Å²) in [4.78, 5) is 27.7. The Morgan fingerprint density at radius 1 is 1.07 bits per heavy atom. The Labute approximate surface area is 278 Å². The van der Waals surface area contributed by atoms with Gasteiger partial charge in [-0.2, -0.15) is 13.9 Å². The third-order valence-corrected chi connectivity index (χ3v) is 9.65. The Hall–Kier alpha value is -3.02. The van der Waals surface area contributed by atoms with Crippen LogP contribution in [-0.4, -0.2) is 29.8 Å². The predicted octanol–water partition coefficient (Wildman–Crippen LogP) is 1.15. The van der Waals surface area contributed by atoms with E-state index in [2.05, 4.69) is 55.2 Å². The Morgan fingerprint density at radius 3 is 2.57 bits per heavy atom. The number of benzene rings is 2. The molecule has 44 heavy (non-hydrogen) atoms. The zero-order valence-electron chi connectivity index (χ0n) is 25.8. The molecule has 3 aliphatic heterocycles. The van der Waals surface area contributed by atoms with Gasteiger partial charge in [-0.3, -0.25) is 0 Å². The molecule has 0 radical (unpaired) electrons. The number of aryl methyl sites for hydroxylation is 1. The molecule has 0 aromatic heterocycles. The second-order valence-corrected chi connectivity index (χ2v) is 13.6. The summed E-state index contributed by atoms with van der Waals surface area (Å²) >= 11 is 0. The Balaban J connectivity index is 0.00000384. The van der Waals surface area contributed by atoms with Gasteiger partial charge >= 0.3 is 46.7 Å². The first-order chi connectivity index (χ1) is 20.4. The van der Waals surface area contributed by atoms with Crippen molar-refractivity contribution in [1.82, 2.24) is 4.57 Å². The molecule has 3 heterocycles. The van der Waals surface area contributed by atoms with Crippen molar-refractivity contribution in [2.24, 2.45) is 14.1 Å².